The van der Waals surface area contributed by atoms with Crippen LogP contribution in [0.15, 0.2) is 41.9 Å². The Hall–Kier alpha value is -2.47. The minimum atomic E-state index is 0.145. The molecule has 0 aliphatic rings. The zero-order chi connectivity index (χ0) is 18.5. The van der Waals surface area contributed by atoms with Gasteiger partial charge in [-0.25, -0.2) is 4.98 Å². The highest BCUT2D eigenvalue weighted by Gasteiger charge is 2.18. The van der Waals surface area contributed by atoms with Crippen molar-refractivity contribution in [3.8, 4) is 0 Å². The molecule has 0 aliphatic carbocycles. The van der Waals surface area contributed by atoms with Gasteiger partial charge < -0.3 is 4.90 Å². The maximum absolute atomic E-state index is 13.0. The van der Waals surface area contributed by atoms with E-state index in [0.717, 1.165) is 22.0 Å². The van der Waals surface area contributed by atoms with Gasteiger partial charge in [0, 0.05) is 37.3 Å². The fourth-order valence-electron chi connectivity index (χ4n) is 3.10. The van der Waals surface area contributed by atoms with E-state index in [0.29, 0.717) is 25.9 Å². The first kappa shape index (κ1) is 18.3. The topological polar surface area (TPSA) is 51.0 Å². The van der Waals surface area contributed by atoms with Gasteiger partial charge in [0.2, 0.25) is 5.91 Å². The van der Waals surface area contributed by atoms with Gasteiger partial charge in [0.05, 0.1) is 12.2 Å². The third-order valence-corrected chi connectivity index (χ3v) is 5.39. The van der Waals surface area contributed by atoms with Crippen molar-refractivity contribution < 1.29 is 4.79 Å². The summed E-state index contributed by atoms with van der Waals surface area (Å²) in [4.78, 5) is 19.2. The molecule has 3 rings (SSSR count). The minimum absolute atomic E-state index is 0.145. The minimum Gasteiger partial charge on any atom is -0.332 e. The van der Waals surface area contributed by atoms with Crippen LogP contribution in [0.2, 0.25) is 0 Å². The summed E-state index contributed by atoms with van der Waals surface area (Å²) in [6.45, 7) is 5.21. The van der Waals surface area contributed by atoms with Gasteiger partial charge >= 0.3 is 0 Å². The predicted octanol–water partition coefficient (Wildman–Crippen LogP) is 3.66. The van der Waals surface area contributed by atoms with E-state index in [1.165, 1.54) is 5.56 Å². The van der Waals surface area contributed by atoms with E-state index in [2.05, 4.69) is 29.1 Å². The first-order chi connectivity index (χ1) is 12.5. The summed E-state index contributed by atoms with van der Waals surface area (Å²) in [5.41, 5.74) is 4.44. The Morgan fingerprint density at radius 3 is 2.58 bits per heavy atom. The summed E-state index contributed by atoms with van der Waals surface area (Å²) < 4.78 is 1.88. The van der Waals surface area contributed by atoms with E-state index < -0.39 is 0 Å². The first-order valence-corrected chi connectivity index (χ1v) is 9.61. The van der Waals surface area contributed by atoms with Crippen LogP contribution >= 0.6 is 11.3 Å². The Labute approximate surface area is 158 Å². The second kappa shape index (κ2) is 8.27. The molecule has 6 heteroatoms. The Kier molecular flexibility index (Phi) is 5.83. The zero-order valence-electron chi connectivity index (χ0n) is 15.5. The van der Waals surface area contributed by atoms with Crippen molar-refractivity contribution in [3.05, 3.63) is 69.4 Å². The molecule has 1 aromatic carbocycles. The van der Waals surface area contributed by atoms with Crippen molar-refractivity contribution in [2.24, 2.45) is 7.05 Å². The fourth-order valence-corrected chi connectivity index (χ4v) is 3.73. The Morgan fingerprint density at radius 1 is 1.19 bits per heavy atom. The zero-order valence-corrected chi connectivity index (χ0v) is 16.3. The van der Waals surface area contributed by atoms with E-state index in [-0.39, 0.29) is 5.91 Å². The number of thiazole rings is 1. The summed E-state index contributed by atoms with van der Waals surface area (Å²) in [7, 11) is 1.94. The molecule has 26 heavy (non-hydrogen) atoms. The Morgan fingerprint density at radius 2 is 1.96 bits per heavy atom. The molecule has 0 unspecified atom stereocenters. The number of aryl methyl sites for hydroxylation is 2. The molecule has 2 aromatic heterocycles. The van der Waals surface area contributed by atoms with Crippen LogP contribution in [-0.2, 0) is 31.4 Å². The van der Waals surface area contributed by atoms with Gasteiger partial charge in [-0.2, -0.15) is 5.10 Å². The molecule has 3 aromatic rings. The molecule has 0 saturated carbocycles. The van der Waals surface area contributed by atoms with Crippen LogP contribution in [-0.4, -0.2) is 25.6 Å². The third-order valence-electron chi connectivity index (χ3n) is 4.63. The number of benzene rings is 1. The monoisotopic (exact) mass is 368 g/mol. The molecule has 0 radical (unpaired) electrons. The molecule has 1 amide bonds. The largest absolute Gasteiger partial charge is 0.332 e. The number of nitrogens with zero attached hydrogens (tertiary/aromatic N) is 4. The van der Waals surface area contributed by atoms with Gasteiger partial charge in [0.25, 0.3) is 0 Å². The van der Waals surface area contributed by atoms with Crippen LogP contribution in [0.3, 0.4) is 0 Å². The van der Waals surface area contributed by atoms with Crippen molar-refractivity contribution in [1.82, 2.24) is 19.7 Å². The van der Waals surface area contributed by atoms with E-state index in [4.69, 9.17) is 0 Å². The number of rotatable bonds is 7. The predicted molar refractivity (Wildman–Crippen MR) is 104 cm³/mol. The summed E-state index contributed by atoms with van der Waals surface area (Å²) in [5.74, 6) is 0.145. The molecule has 0 bridgehead atoms. The lowest BCUT2D eigenvalue weighted by Gasteiger charge is -2.22. The van der Waals surface area contributed by atoms with Gasteiger partial charge in [0.1, 0.15) is 5.01 Å². The molecular weight excluding hydrogens is 344 g/mol. The highest BCUT2D eigenvalue weighted by Crippen LogP contribution is 2.17. The molecule has 5 nitrogen and oxygen atoms in total. The second-order valence-corrected chi connectivity index (χ2v) is 7.41. The SMILES string of the molecule is Cc1nn(C)c(C)c1CCC(=O)N(Cc1ccccc1)Cc1nccs1. The quantitative estimate of drug-likeness (QED) is 0.639. The number of carbonyl (C=O) groups excluding carboxylic acids is 1. The van der Waals surface area contributed by atoms with Crippen LogP contribution in [0, 0.1) is 13.8 Å². The van der Waals surface area contributed by atoms with Crippen molar-refractivity contribution in [2.45, 2.75) is 39.8 Å². The van der Waals surface area contributed by atoms with Gasteiger partial charge in [-0.1, -0.05) is 30.3 Å². The maximum atomic E-state index is 13.0. The van der Waals surface area contributed by atoms with Crippen LogP contribution in [0.25, 0.3) is 0 Å². The van der Waals surface area contributed by atoms with Gasteiger partial charge in [-0.15, -0.1) is 11.3 Å². The lowest BCUT2D eigenvalue weighted by atomic mass is 10.1. The third kappa shape index (κ3) is 4.38. The Balaban J connectivity index is 1.71. The number of aromatic nitrogens is 3. The van der Waals surface area contributed by atoms with Crippen molar-refractivity contribution in [3.63, 3.8) is 0 Å². The summed E-state index contributed by atoms with van der Waals surface area (Å²) >= 11 is 1.58. The number of hydrogen-bond acceptors (Lipinski definition) is 4. The highest BCUT2D eigenvalue weighted by atomic mass is 32.1. The van der Waals surface area contributed by atoms with Crippen LogP contribution in [0.1, 0.15) is 33.9 Å². The van der Waals surface area contributed by atoms with E-state index >= 15 is 0 Å². The van der Waals surface area contributed by atoms with Crippen LogP contribution < -0.4 is 0 Å². The number of amides is 1. The van der Waals surface area contributed by atoms with E-state index in [9.17, 15) is 4.79 Å². The van der Waals surface area contributed by atoms with Crippen molar-refractivity contribution in [1.29, 1.82) is 0 Å². The van der Waals surface area contributed by atoms with Gasteiger partial charge in [-0.3, -0.25) is 9.48 Å². The van der Waals surface area contributed by atoms with Gasteiger partial charge in [0.15, 0.2) is 0 Å². The molecule has 0 aliphatic heterocycles. The van der Waals surface area contributed by atoms with Crippen LogP contribution in [0.5, 0.6) is 0 Å². The molecule has 136 valence electrons. The van der Waals surface area contributed by atoms with Crippen molar-refractivity contribution >= 4 is 17.2 Å². The average Bonchev–Trinajstić information content (AvgIpc) is 3.22. The number of carbonyl (C=O) groups is 1. The molecule has 0 fully saturated rings. The summed E-state index contributed by atoms with van der Waals surface area (Å²) in [6.07, 6.45) is 2.98. The molecular formula is C20H24N4OS. The molecule has 0 saturated heterocycles. The lowest BCUT2D eigenvalue weighted by molar-refractivity contribution is -0.132. The maximum Gasteiger partial charge on any atom is 0.223 e. The lowest BCUT2D eigenvalue weighted by Crippen LogP contribution is -2.30. The molecule has 2 heterocycles. The Bertz CT molecular complexity index is 856. The normalized spacial score (nSPS) is 10.9. The number of hydrogen-bond donors (Lipinski definition) is 0. The summed E-state index contributed by atoms with van der Waals surface area (Å²) in [6, 6.07) is 10.1. The molecule has 0 spiro atoms. The summed E-state index contributed by atoms with van der Waals surface area (Å²) in [5, 5.41) is 7.35. The highest BCUT2D eigenvalue weighted by molar-refractivity contribution is 7.09. The van der Waals surface area contributed by atoms with Crippen molar-refractivity contribution in [2.75, 3.05) is 0 Å². The van der Waals surface area contributed by atoms with E-state index in [1.807, 2.05) is 47.1 Å². The smallest absolute Gasteiger partial charge is 0.223 e. The van der Waals surface area contributed by atoms with E-state index in [1.54, 1.807) is 17.5 Å². The second-order valence-electron chi connectivity index (χ2n) is 6.43. The molecule has 0 atom stereocenters. The standard InChI is InChI=1S/C20H24N4OS/c1-15-18(16(2)23(3)22-15)9-10-20(25)24(14-19-21-11-12-26-19)13-17-7-5-4-6-8-17/h4-8,11-12H,9-10,13-14H2,1-3H3. The van der Waals surface area contributed by atoms with Crippen LogP contribution in [0.4, 0.5) is 0 Å². The average molecular weight is 369 g/mol. The first-order valence-electron chi connectivity index (χ1n) is 8.73. The fraction of sp³-hybridized carbons (Fsp3) is 0.350. The van der Waals surface area contributed by atoms with Gasteiger partial charge in [-0.05, 0) is 31.4 Å². The molecule has 0 N–H and O–H groups in total.